The molecule has 11 heteroatoms. The molecule has 0 saturated carbocycles. The molecule has 0 aliphatic rings. The second kappa shape index (κ2) is 10.3. The van der Waals surface area contributed by atoms with Gasteiger partial charge in [-0.2, -0.15) is 0 Å². The van der Waals surface area contributed by atoms with Crippen molar-refractivity contribution in [3.8, 4) is 11.5 Å². The van der Waals surface area contributed by atoms with Crippen LogP contribution >= 0.6 is 0 Å². The third-order valence-electron chi connectivity index (χ3n) is 4.11. The van der Waals surface area contributed by atoms with Gasteiger partial charge in [-0.1, -0.05) is 0 Å². The number of rotatable bonds is 11. The number of aliphatic hydroxyl groups is 1. The second-order valence-corrected chi connectivity index (χ2v) is 7.82. The zero-order chi connectivity index (χ0) is 22.3. The normalized spacial score (nSPS) is 11.3. The Morgan fingerprint density at radius 3 is 2.40 bits per heavy atom. The van der Waals surface area contributed by atoms with E-state index in [1.807, 2.05) is 0 Å². The molecule has 30 heavy (non-hydrogen) atoms. The Morgan fingerprint density at radius 2 is 1.87 bits per heavy atom. The van der Waals surface area contributed by atoms with Crippen molar-refractivity contribution in [2.24, 2.45) is 5.14 Å². The molecule has 2 rings (SSSR count). The lowest BCUT2D eigenvalue weighted by atomic mass is 10.1. The molecule has 4 N–H and O–H groups in total. The average Bonchev–Trinajstić information content (AvgIpc) is 2.69. The van der Waals surface area contributed by atoms with E-state index >= 15 is 0 Å². The van der Waals surface area contributed by atoms with E-state index in [9.17, 15) is 27.8 Å². The van der Waals surface area contributed by atoms with Crippen LogP contribution in [-0.2, 0) is 14.8 Å². The monoisotopic (exact) mass is 442 g/mol. The van der Waals surface area contributed by atoms with E-state index in [1.165, 1.54) is 25.3 Å². The standard InChI is InChI=1S/C19H23FN2O7S/c1-28-10-8-22(7-2-9-23)16-11-13(19(24)25)12-17(30(21,26)27)18(16)29-15-5-3-14(20)4-6-15/h3-6,11-12,23H,2,7-10H2,1H3,(H,24,25)(H2,21,26,27). The number of carboxylic acid groups (broad SMARTS) is 1. The van der Waals surface area contributed by atoms with Crippen molar-refractivity contribution >= 4 is 21.7 Å². The smallest absolute Gasteiger partial charge is 0.335 e. The molecule has 0 unspecified atom stereocenters. The van der Waals surface area contributed by atoms with E-state index in [4.69, 9.17) is 14.6 Å². The summed E-state index contributed by atoms with van der Waals surface area (Å²) in [6.45, 7) is 0.609. The third kappa shape index (κ3) is 6.13. The quantitative estimate of drug-likeness (QED) is 0.479. The Labute approximate surface area is 173 Å². The lowest BCUT2D eigenvalue weighted by Gasteiger charge is -2.28. The summed E-state index contributed by atoms with van der Waals surface area (Å²) in [5.41, 5.74) is -0.180. The first-order chi connectivity index (χ1) is 14.2. The van der Waals surface area contributed by atoms with Crippen LogP contribution in [0.15, 0.2) is 41.3 Å². The fourth-order valence-corrected chi connectivity index (χ4v) is 3.39. The van der Waals surface area contributed by atoms with Crippen LogP contribution in [-0.4, -0.2) is 58.0 Å². The maximum Gasteiger partial charge on any atom is 0.335 e. The van der Waals surface area contributed by atoms with Crippen LogP contribution in [0.25, 0.3) is 0 Å². The minimum absolute atomic E-state index is 0.125. The van der Waals surface area contributed by atoms with Gasteiger partial charge in [-0.25, -0.2) is 22.7 Å². The largest absolute Gasteiger partial charge is 0.478 e. The van der Waals surface area contributed by atoms with Crippen molar-refractivity contribution in [1.82, 2.24) is 0 Å². The predicted octanol–water partition coefficient (Wildman–Crippen LogP) is 1.80. The summed E-state index contributed by atoms with van der Waals surface area (Å²) in [6, 6.07) is 7.01. The van der Waals surface area contributed by atoms with Crippen molar-refractivity contribution in [2.75, 3.05) is 38.3 Å². The average molecular weight is 442 g/mol. The SMILES string of the molecule is COCCN(CCCO)c1cc(C(=O)O)cc(S(N)(=O)=O)c1Oc1ccc(F)cc1. The lowest BCUT2D eigenvalue weighted by Crippen LogP contribution is -2.30. The van der Waals surface area contributed by atoms with Crippen LogP contribution in [0.5, 0.6) is 11.5 Å². The van der Waals surface area contributed by atoms with Gasteiger partial charge in [0.25, 0.3) is 0 Å². The van der Waals surface area contributed by atoms with E-state index in [0.717, 1.165) is 18.2 Å². The number of halogens is 1. The zero-order valence-electron chi connectivity index (χ0n) is 16.2. The fourth-order valence-electron chi connectivity index (χ4n) is 2.70. The molecule has 0 spiro atoms. The number of carboxylic acids is 1. The number of aliphatic hydroxyl groups excluding tert-OH is 1. The van der Waals surface area contributed by atoms with Gasteiger partial charge in [-0.3, -0.25) is 0 Å². The summed E-state index contributed by atoms with van der Waals surface area (Å²) in [6.07, 6.45) is 0.321. The molecule has 0 bridgehead atoms. The topological polar surface area (TPSA) is 139 Å². The zero-order valence-corrected chi connectivity index (χ0v) is 17.1. The summed E-state index contributed by atoms with van der Waals surface area (Å²) in [7, 11) is -2.91. The number of nitrogens with zero attached hydrogens (tertiary/aromatic N) is 1. The maximum absolute atomic E-state index is 13.2. The Morgan fingerprint density at radius 1 is 1.20 bits per heavy atom. The Balaban J connectivity index is 2.71. The molecule has 0 heterocycles. The van der Waals surface area contributed by atoms with Gasteiger partial charge in [0.2, 0.25) is 10.0 Å². The van der Waals surface area contributed by atoms with E-state index in [-0.39, 0.29) is 49.1 Å². The van der Waals surface area contributed by atoms with Crippen LogP contribution in [0.3, 0.4) is 0 Å². The maximum atomic E-state index is 13.2. The minimum Gasteiger partial charge on any atom is -0.478 e. The van der Waals surface area contributed by atoms with Crippen molar-refractivity contribution in [2.45, 2.75) is 11.3 Å². The van der Waals surface area contributed by atoms with Crippen LogP contribution < -0.4 is 14.8 Å². The first kappa shape index (κ1) is 23.5. The molecule has 0 saturated heterocycles. The summed E-state index contributed by atoms with van der Waals surface area (Å²) in [4.78, 5) is 12.7. The van der Waals surface area contributed by atoms with Crippen molar-refractivity contribution in [3.05, 3.63) is 47.8 Å². The molecule has 164 valence electrons. The van der Waals surface area contributed by atoms with Crippen molar-refractivity contribution in [3.63, 3.8) is 0 Å². The van der Waals surface area contributed by atoms with E-state index in [0.29, 0.717) is 6.42 Å². The molecule has 0 amide bonds. The second-order valence-electron chi connectivity index (χ2n) is 6.29. The van der Waals surface area contributed by atoms with Gasteiger partial charge in [-0.15, -0.1) is 0 Å². The predicted molar refractivity (Wildman–Crippen MR) is 107 cm³/mol. The van der Waals surface area contributed by atoms with Gasteiger partial charge < -0.3 is 24.6 Å². The summed E-state index contributed by atoms with van der Waals surface area (Å²) in [5.74, 6) is -1.95. The summed E-state index contributed by atoms with van der Waals surface area (Å²) in [5, 5.41) is 24.0. The highest BCUT2D eigenvalue weighted by Gasteiger charge is 2.26. The highest BCUT2D eigenvalue weighted by atomic mass is 32.2. The summed E-state index contributed by atoms with van der Waals surface area (Å²) >= 11 is 0. The molecule has 2 aromatic carbocycles. The van der Waals surface area contributed by atoms with Crippen molar-refractivity contribution in [1.29, 1.82) is 0 Å². The minimum atomic E-state index is -4.38. The lowest BCUT2D eigenvalue weighted by molar-refractivity contribution is 0.0696. The molecule has 2 aromatic rings. The van der Waals surface area contributed by atoms with E-state index in [2.05, 4.69) is 0 Å². The van der Waals surface area contributed by atoms with Gasteiger partial charge >= 0.3 is 5.97 Å². The molecule has 9 nitrogen and oxygen atoms in total. The fraction of sp³-hybridized carbons (Fsp3) is 0.316. The molecule has 0 aliphatic carbocycles. The summed E-state index contributed by atoms with van der Waals surface area (Å²) < 4.78 is 48.5. The Hall–Kier alpha value is -2.73. The third-order valence-corrected chi connectivity index (χ3v) is 5.03. The first-order valence-electron chi connectivity index (χ1n) is 8.89. The van der Waals surface area contributed by atoms with Gasteiger partial charge in [-0.05, 0) is 42.8 Å². The van der Waals surface area contributed by atoms with Crippen molar-refractivity contribution < 1.29 is 37.3 Å². The molecule has 0 aromatic heterocycles. The Bertz CT molecular complexity index is 973. The van der Waals surface area contributed by atoms with Gasteiger partial charge in [0, 0.05) is 26.8 Å². The first-order valence-corrected chi connectivity index (χ1v) is 10.4. The van der Waals surface area contributed by atoms with E-state index in [1.54, 1.807) is 4.90 Å². The van der Waals surface area contributed by atoms with Crippen LogP contribution in [0, 0.1) is 5.82 Å². The Kier molecular flexibility index (Phi) is 8.12. The number of primary sulfonamides is 1. The number of carbonyl (C=O) groups is 1. The number of benzene rings is 2. The number of nitrogens with two attached hydrogens (primary N) is 1. The number of hydrogen-bond acceptors (Lipinski definition) is 7. The molecule has 0 radical (unpaired) electrons. The highest BCUT2D eigenvalue weighted by molar-refractivity contribution is 7.89. The number of sulfonamides is 1. The van der Waals surface area contributed by atoms with Crippen LogP contribution in [0.1, 0.15) is 16.8 Å². The van der Waals surface area contributed by atoms with E-state index < -0.39 is 26.7 Å². The van der Waals surface area contributed by atoms with Crippen LogP contribution in [0.4, 0.5) is 10.1 Å². The number of hydrogen-bond donors (Lipinski definition) is 3. The molecular formula is C19H23FN2O7S. The molecular weight excluding hydrogens is 419 g/mol. The van der Waals surface area contributed by atoms with Gasteiger partial charge in [0.15, 0.2) is 5.75 Å². The van der Waals surface area contributed by atoms with Gasteiger partial charge in [0.1, 0.15) is 16.5 Å². The highest BCUT2D eigenvalue weighted by Crippen LogP contribution is 2.39. The molecule has 0 aliphatic heterocycles. The molecule has 0 fully saturated rings. The van der Waals surface area contributed by atoms with Gasteiger partial charge in [0.05, 0.1) is 17.9 Å². The molecule has 0 atom stereocenters. The van der Waals surface area contributed by atoms with Crippen LogP contribution in [0.2, 0.25) is 0 Å². The number of anilines is 1. The number of aromatic carboxylic acids is 1. The number of methoxy groups -OCH3 is 1. The number of ether oxygens (including phenoxy) is 2.